The minimum absolute atomic E-state index is 0.183. The topological polar surface area (TPSA) is 49.9 Å². The number of hydrogen-bond donors (Lipinski definition) is 0. The number of carbonyl (C=O) groups is 2. The Balaban J connectivity index is 1.86. The van der Waals surface area contributed by atoms with Gasteiger partial charge in [-0.1, -0.05) is 23.2 Å². The molecule has 1 aromatic carbocycles. The van der Waals surface area contributed by atoms with Crippen LogP contribution in [-0.2, 0) is 14.3 Å². The minimum atomic E-state index is -0.417. The van der Waals surface area contributed by atoms with E-state index in [9.17, 15) is 9.59 Å². The van der Waals surface area contributed by atoms with Crippen LogP contribution in [0.25, 0.3) is 0 Å². The highest BCUT2D eigenvalue weighted by Gasteiger charge is 2.43. The van der Waals surface area contributed by atoms with Crippen LogP contribution in [0.1, 0.15) is 6.42 Å². The van der Waals surface area contributed by atoms with Gasteiger partial charge in [0.25, 0.3) is 5.91 Å². The fraction of sp³-hybridized carbons (Fsp3) is 0.429. The summed E-state index contributed by atoms with van der Waals surface area (Å²) in [5.74, 6) is -0.449. The maximum atomic E-state index is 12.6. The van der Waals surface area contributed by atoms with E-state index < -0.39 is 6.04 Å². The monoisotopic (exact) mass is 328 g/mol. The number of rotatable bonds is 2. The first kappa shape index (κ1) is 14.8. The Hall–Kier alpha value is -1.14. The lowest BCUT2D eigenvalue weighted by atomic mass is 10.2. The molecule has 0 radical (unpaired) electrons. The quantitative estimate of drug-likeness (QED) is 0.779. The van der Waals surface area contributed by atoms with Crippen molar-refractivity contribution < 1.29 is 14.3 Å². The summed E-state index contributed by atoms with van der Waals surface area (Å²) in [6, 6.07) is 4.30. The van der Waals surface area contributed by atoms with E-state index in [2.05, 4.69) is 0 Å². The third-order valence-electron chi connectivity index (χ3n) is 3.71. The fourth-order valence-electron chi connectivity index (χ4n) is 2.73. The fourth-order valence-corrected chi connectivity index (χ4v) is 3.24. The number of benzene rings is 1. The zero-order valence-electron chi connectivity index (χ0n) is 11.2. The van der Waals surface area contributed by atoms with Crippen molar-refractivity contribution in [3.63, 3.8) is 0 Å². The van der Waals surface area contributed by atoms with Gasteiger partial charge >= 0.3 is 0 Å². The first-order chi connectivity index (χ1) is 10.1. The Bertz CT molecular complexity index is 567. The molecule has 0 bridgehead atoms. The zero-order valence-corrected chi connectivity index (χ0v) is 12.7. The molecule has 0 unspecified atom stereocenters. The second-order valence-corrected chi connectivity index (χ2v) is 5.94. The van der Waals surface area contributed by atoms with Gasteiger partial charge in [-0.25, -0.2) is 4.90 Å². The second kappa shape index (κ2) is 5.93. The van der Waals surface area contributed by atoms with E-state index in [1.54, 1.807) is 18.2 Å². The molecule has 2 aliphatic rings. The number of halogens is 2. The van der Waals surface area contributed by atoms with Crippen LogP contribution in [0.4, 0.5) is 5.69 Å². The Labute approximate surface area is 132 Å². The average Bonchev–Trinajstić information content (AvgIpc) is 2.74. The summed E-state index contributed by atoms with van der Waals surface area (Å²) in [6.45, 7) is 2.49. The van der Waals surface area contributed by atoms with Crippen molar-refractivity contribution in [2.45, 2.75) is 12.5 Å². The molecule has 2 heterocycles. The first-order valence-corrected chi connectivity index (χ1v) is 7.46. The Morgan fingerprint density at radius 1 is 1.05 bits per heavy atom. The van der Waals surface area contributed by atoms with E-state index in [1.165, 1.54) is 4.90 Å². The van der Waals surface area contributed by atoms with Gasteiger partial charge in [0.15, 0.2) is 0 Å². The lowest BCUT2D eigenvalue weighted by Crippen LogP contribution is -2.47. The van der Waals surface area contributed by atoms with Crippen LogP contribution in [-0.4, -0.2) is 49.1 Å². The number of anilines is 1. The summed E-state index contributed by atoms with van der Waals surface area (Å²) in [6.07, 6.45) is 0.183. The van der Waals surface area contributed by atoms with Gasteiger partial charge in [0.05, 0.1) is 31.4 Å². The number of ether oxygens (including phenoxy) is 1. The van der Waals surface area contributed by atoms with Crippen molar-refractivity contribution in [1.82, 2.24) is 4.90 Å². The van der Waals surface area contributed by atoms with Gasteiger partial charge in [0, 0.05) is 23.1 Å². The summed E-state index contributed by atoms with van der Waals surface area (Å²) < 4.78 is 5.28. The van der Waals surface area contributed by atoms with Gasteiger partial charge in [-0.2, -0.15) is 0 Å². The summed E-state index contributed by atoms with van der Waals surface area (Å²) >= 11 is 11.9. The van der Waals surface area contributed by atoms with Crippen LogP contribution in [0.5, 0.6) is 0 Å². The SMILES string of the molecule is O=C1C[C@H](N2CCOCC2)C(=O)N1c1cc(Cl)cc(Cl)c1. The van der Waals surface area contributed by atoms with Crippen molar-refractivity contribution in [2.75, 3.05) is 31.2 Å². The molecule has 0 saturated carbocycles. The number of morpholine rings is 1. The number of amides is 2. The van der Waals surface area contributed by atoms with E-state index in [-0.39, 0.29) is 18.2 Å². The van der Waals surface area contributed by atoms with Crippen LogP contribution in [0.2, 0.25) is 10.0 Å². The molecule has 2 amide bonds. The summed E-state index contributed by atoms with van der Waals surface area (Å²) in [4.78, 5) is 28.0. The molecule has 0 spiro atoms. The number of carbonyl (C=O) groups excluding carboxylic acids is 2. The molecule has 2 saturated heterocycles. The molecule has 0 aliphatic carbocycles. The van der Waals surface area contributed by atoms with E-state index in [1.807, 2.05) is 4.90 Å². The normalized spacial score (nSPS) is 23.9. The van der Waals surface area contributed by atoms with E-state index >= 15 is 0 Å². The lowest BCUT2D eigenvalue weighted by molar-refractivity contribution is -0.123. The molecule has 1 atom stereocenters. The smallest absolute Gasteiger partial charge is 0.251 e. The summed E-state index contributed by atoms with van der Waals surface area (Å²) in [5.41, 5.74) is 0.429. The molecule has 5 nitrogen and oxygen atoms in total. The minimum Gasteiger partial charge on any atom is -0.379 e. The van der Waals surface area contributed by atoms with Gasteiger partial charge in [0.2, 0.25) is 5.91 Å². The molecule has 21 heavy (non-hydrogen) atoms. The molecule has 0 N–H and O–H groups in total. The molecular weight excluding hydrogens is 315 g/mol. The molecule has 3 rings (SSSR count). The predicted octanol–water partition coefficient (Wildman–Crippen LogP) is 1.96. The van der Waals surface area contributed by atoms with E-state index in [0.29, 0.717) is 42.0 Å². The zero-order chi connectivity index (χ0) is 15.0. The molecule has 2 fully saturated rings. The van der Waals surface area contributed by atoms with Crippen molar-refractivity contribution in [3.05, 3.63) is 28.2 Å². The van der Waals surface area contributed by atoms with Gasteiger partial charge < -0.3 is 4.74 Å². The molecule has 0 aromatic heterocycles. The maximum absolute atomic E-state index is 12.6. The third-order valence-corrected chi connectivity index (χ3v) is 4.15. The molecule has 1 aromatic rings. The standard InChI is InChI=1S/C14H14Cl2N2O3/c15-9-5-10(16)7-11(6-9)18-13(19)8-12(14(18)20)17-1-3-21-4-2-17/h5-7,12H,1-4,8H2/t12-/m0/s1. The summed E-state index contributed by atoms with van der Waals surface area (Å²) in [5, 5.41) is 0.792. The molecule has 112 valence electrons. The van der Waals surface area contributed by atoms with Gasteiger partial charge in [-0.3, -0.25) is 14.5 Å². The molecular formula is C14H14Cl2N2O3. The molecule has 2 aliphatic heterocycles. The largest absolute Gasteiger partial charge is 0.379 e. The Morgan fingerprint density at radius 2 is 1.67 bits per heavy atom. The van der Waals surface area contributed by atoms with Crippen molar-refractivity contribution in [2.24, 2.45) is 0 Å². The van der Waals surface area contributed by atoms with Gasteiger partial charge in [-0.15, -0.1) is 0 Å². The first-order valence-electron chi connectivity index (χ1n) is 6.71. The van der Waals surface area contributed by atoms with E-state index in [0.717, 1.165) is 0 Å². The van der Waals surface area contributed by atoms with Gasteiger partial charge in [0.1, 0.15) is 0 Å². The van der Waals surface area contributed by atoms with Crippen LogP contribution >= 0.6 is 23.2 Å². The van der Waals surface area contributed by atoms with Crippen LogP contribution < -0.4 is 4.90 Å². The highest BCUT2D eigenvalue weighted by atomic mass is 35.5. The van der Waals surface area contributed by atoms with Crippen LogP contribution in [0.15, 0.2) is 18.2 Å². The highest BCUT2D eigenvalue weighted by Crippen LogP contribution is 2.30. The van der Waals surface area contributed by atoms with Crippen molar-refractivity contribution in [1.29, 1.82) is 0 Å². The van der Waals surface area contributed by atoms with E-state index in [4.69, 9.17) is 27.9 Å². The average molecular weight is 329 g/mol. The lowest BCUT2D eigenvalue weighted by Gasteiger charge is -2.30. The molecule has 7 heteroatoms. The van der Waals surface area contributed by atoms with Crippen LogP contribution in [0, 0.1) is 0 Å². The van der Waals surface area contributed by atoms with Crippen molar-refractivity contribution in [3.8, 4) is 0 Å². The van der Waals surface area contributed by atoms with Gasteiger partial charge in [-0.05, 0) is 18.2 Å². The second-order valence-electron chi connectivity index (χ2n) is 5.06. The summed E-state index contributed by atoms with van der Waals surface area (Å²) in [7, 11) is 0. The predicted molar refractivity (Wildman–Crippen MR) is 79.8 cm³/mol. The Morgan fingerprint density at radius 3 is 2.29 bits per heavy atom. The third kappa shape index (κ3) is 2.92. The Kier molecular flexibility index (Phi) is 4.17. The highest BCUT2D eigenvalue weighted by molar-refractivity contribution is 6.35. The number of nitrogens with zero attached hydrogens (tertiary/aromatic N) is 2. The van der Waals surface area contributed by atoms with Crippen molar-refractivity contribution >= 4 is 40.7 Å². The number of imide groups is 1. The van der Waals surface area contributed by atoms with Crippen LogP contribution in [0.3, 0.4) is 0 Å². The number of hydrogen-bond acceptors (Lipinski definition) is 4. The maximum Gasteiger partial charge on any atom is 0.251 e.